The molecule has 2 aliphatic heterocycles. The van der Waals surface area contributed by atoms with Gasteiger partial charge < -0.3 is 19.5 Å². The third kappa shape index (κ3) is 3.19. The van der Waals surface area contributed by atoms with Crippen molar-refractivity contribution in [3.05, 3.63) is 89.0 Å². The highest BCUT2D eigenvalue weighted by Gasteiger charge is 2.58. The minimum absolute atomic E-state index is 0.165. The van der Waals surface area contributed by atoms with Crippen LogP contribution < -0.4 is 5.32 Å². The van der Waals surface area contributed by atoms with E-state index < -0.39 is 29.7 Å². The van der Waals surface area contributed by atoms with Gasteiger partial charge in [-0.2, -0.15) is 0 Å². The topological polar surface area (TPSA) is 73.9 Å². The third-order valence-corrected chi connectivity index (χ3v) is 5.50. The first-order valence-electron chi connectivity index (χ1n) is 9.66. The molecule has 154 valence electrons. The van der Waals surface area contributed by atoms with Gasteiger partial charge in [-0.25, -0.2) is 9.59 Å². The number of methoxy groups -OCH3 is 2. The van der Waals surface area contributed by atoms with Gasteiger partial charge in [0.1, 0.15) is 11.7 Å². The molecule has 6 nitrogen and oxygen atoms in total. The van der Waals surface area contributed by atoms with Crippen LogP contribution in [0.1, 0.15) is 17.2 Å². The zero-order chi connectivity index (χ0) is 21.3. The fourth-order valence-electron chi connectivity index (χ4n) is 4.08. The zero-order valence-electron chi connectivity index (χ0n) is 17.0. The number of hydrogen-bond acceptors (Lipinski definition) is 6. The van der Waals surface area contributed by atoms with Crippen LogP contribution in [0.2, 0.25) is 0 Å². The third-order valence-electron chi connectivity index (χ3n) is 5.50. The van der Waals surface area contributed by atoms with Crippen LogP contribution in [0.4, 0.5) is 5.69 Å². The molecule has 30 heavy (non-hydrogen) atoms. The van der Waals surface area contributed by atoms with Crippen molar-refractivity contribution in [2.75, 3.05) is 19.5 Å². The summed E-state index contributed by atoms with van der Waals surface area (Å²) in [5.41, 5.74) is 2.00. The van der Waals surface area contributed by atoms with Crippen LogP contribution in [0.25, 0.3) is 0 Å². The summed E-state index contributed by atoms with van der Waals surface area (Å²) in [5, 5.41) is 3.49. The molecule has 1 N–H and O–H groups in total. The van der Waals surface area contributed by atoms with E-state index in [1.165, 1.54) is 14.2 Å². The Morgan fingerprint density at radius 3 is 2.30 bits per heavy atom. The van der Waals surface area contributed by atoms with Crippen LogP contribution in [0.5, 0.6) is 0 Å². The van der Waals surface area contributed by atoms with Gasteiger partial charge in [-0.3, -0.25) is 0 Å². The lowest BCUT2D eigenvalue weighted by Crippen LogP contribution is -2.42. The average molecular weight is 405 g/mol. The molecule has 2 heterocycles. The lowest BCUT2D eigenvalue weighted by molar-refractivity contribution is -0.139. The van der Waals surface area contributed by atoms with E-state index in [0.29, 0.717) is 0 Å². The van der Waals surface area contributed by atoms with Crippen LogP contribution >= 0.6 is 0 Å². The van der Waals surface area contributed by atoms with Gasteiger partial charge in [-0.1, -0.05) is 54.1 Å². The summed E-state index contributed by atoms with van der Waals surface area (Å²) in [5.74, 6) is -1.22. The van der Waals surface area contributed by atoms with Gasteiger partial charge in [0.25, 0.3) is 0 Å². The molecule has 0 amide bonds. The monoisotopic (exact) mass is 405 g/mol. The van der Waals surface area contributed by atoms with Crippen LogP contribution in [0.15, 0.2) is 77.9 Å². The Hall–Kier alpha value is -3.38. The highest BCUT2D eigenvalue weighted by atomic mass is 16.6. The van der Waals surface area contributed by atoms with Crippen LogP contribution in [0, 0.1) is 6.92 Å². The number of anilines is 1. The summed E-state index contributed by atoms with van der Waals surface area (Å²) in [7, 11) is 2.57. The van der Waals surface area contributed by atoms with Crippen molar-refractivity contribution in [3.8, 4) is 0 Å². The summed E-state index contributed by atoms with van der Waals surface area (Å²) in [6.07, 6.45) is 2.95. The number of ether oxygens (including phenoxy) is 3. The molecule has 1 unspecified atom stereocenters. The summed E-state index contributed by atoms with van der Waals surface area (Å²) in [6, 6.07) is 17.1. The Morgan fingerprint density at radius 2 is 1.67 bits per heavy atom. The first-order chi connectivity index (χ1) is 14.5. The number of benzene rings is 2. The van der Waals surface area contributed by atoms with Crippen LogP contribution in [0.3, 0.4) is 0 Å². The molecule has 2 aromatic carbocycles. The standard InChI is InChI=1S/C24H23NO5/c1-15-9-11-16(12-10-15)21(25-17-7-5-4-6-8-17)24-14-13-18(30-24)19(22(26)28-2)20(24)23(27)29-3/h4-14,18,21,25H,1-3H3/t18-,21+,24?/m0/s1. The second-order valence-electron chi connectivity index (χ2n) is 7.32. The molecule has 0 saturated carbocycles. The van der Waals surface area contributed by atoms with E-state index in [4.69, 9.17) is 14.2 Å². The maximum absolute atomic E-state index is 12.9. The van der Waals surface area contributed by atoms with E-state index in [9.17, 15) is 9.59 Å². The number of nitrogens with one attached hydrogen (secondary N) is 1. The average Bonchev–Trinajstić information content (AvgIpc) is 3.35. The molecule has 0 fully saturated rings. The molecular formula is C24H23NO5. The minimum atomic E-state index is -1.22. The smallest absolute Gasteiger partial charge is 0.337 e. The van der Waals surface area contributed by atoms with Crippen molar-refractivity contribution in [2.45, 2.75) is 24.7 Å². The number of carbonyl (C=O) groups excluding carboxylic acids is 2. The Labute approximate surface area is 175 Å². The molecule has 0 radical (unpaired) electrons. The second-order valence-corrected chi connectivity index (χ2v) is 7.32. The molecule has 0 aliphatic carbocycles. The Morgan fingerprint density at radius 1 is 1.00 bits per heavy atom. The molecule has 3 atom stereocenters. The molecule has 2 bridgehead atoms. The Kier molecular flexibility index (Phi) is 5.18. The van der Waals surface area contributed by atoms with E-state index in [1.54, 1.807) is 6.08 Å². The van der Waals surface area contributed by atoms with Gasteiger partial charge in [0, 0.05) is 5.69 Å². The normalized spacial score (nSPS) is 22.7. The summed E-state index contributed by atoms with van der Waals surface area (Å²) in [6.45, 7) is 2.01. The summed E-state index contributed by atoms with van der Waals surface area (Å²) >= 11 is 0. The Bertz CT molecular complexity index is 1030. The molecule has 0 aromatic heterocycles. The van der Waals surface area contributed by atoms with Crippen molar-refractivity contribution < 1.29 is 23.8 Å². The van der Waals surface area contributed by atoms with E-state index >= 15 is 0 Å². The van der Waals surface area contributed by atoms with Gasteiger partial charge in [-0.05, 0) is 30.7 Å². The predicted molar refractivity (Wildman–Crippen MR) is 112 cm³/mol. The number of hydrogen-bond donors (Lipinski definition) is 1. The van der Waals surface area contributed by atoms with Gasteiger partial charge >= 0.3 is 11.9 Å². The van der Waals surface area contributed by atoms with E-state index in [-0.39, 0.29) is 11.1 Å². The SMILES string of the molecule is COC(=O)C1=C(C(=O)OC)C2([C@H](Nc3ccccc3)c3ccc(C)cc3)C=C[C@@H]1O2. The lowest BCUT2D eigenvalue weighted by atomic mass is 9.78. The van der Waals surface area contributed by atoms with Crippen molar-refractivity contribution in [1.29, 1.82) is 0 Å². The predicted octanol–water partition coefficient (Wildman–Crippen LogP) is 3.50. The largest absolute Gasteiger partial charge is 0.466 e. The molecule has 4 rings (SSSR count). The number of aryl methyl sites for hydroxylation is 1. The van der Waals surface area contributed by atoms with Gasteiger partial charge in [0.2, 0.25) is 0 Å². The molecule has 2 aromatic rings. The highest BCUT2D eigenvalue weighted by Crippen LogP contribution is 2.51. The maximum atomic E-state index is 12.9. The quantitative estimate of drug-likeness (QED) is 0.586. The van der Waals surface area contributed by atoms with Crippen molar-refractivity contribution in [2.24, 2.45) is 0 Å². The van der Waals surface area contributed by atoms with Crippen molar-refractivity contribution in [1.82, 2.24) is 0 Å². The van der Waals surface area contributed by atoms with E-state index in [2.05, 4.69) is 5.32 Å². The van der Waals surface area contributed by atoms with Gasteiger partial charge in [0.05, 0.1) is 31.4 Å². The maximum Gasteiger partial charge on any atom is 0.337 e. The fraction of sp³-hybridized carbons (Fsp3) is 0.250. The molecule has 0 saturated heterocycles. The van der Waals surface area contributed by atoms with Crippen molar-refractivity contribution >= 4 is 17.6 Å². The first-order valence-corrected chi connectivity index (χ1v) is 9.66. The van der Waals surface area contributed by atoms with E-state index in [0.717, 1.165) is 16.8 Å². The molecule has 2 aliphatic rings. The lowest BCUT2D eigenvalue weighted by Gasteiger charge is -2.36. The number of fused-ring (bicyclic) bond motifs is 2. The number of rotatable bonds is 6. The van der Waals surface area contributed by atoms with Crippen LogP contribution in [-0.4, -0.2) is 37.9 Å². The second kappa shape index (κ2) is 7.80. The minimum Gasteiger partial charge on any atom is -0.466 e. The molecule has 0 spiro atoms. The number of esters is 2. The number of carbonyl (C=O) groups is 2. The van der Waals surface area contributed by atoms with Gasteiger partial charge in [-0.15, -0.1) is 0 Å². The summed E-state index contributed by atoms with van der Waals surface area (Å²) < 4.78 is 16.3. The van der Waals surface area contributed by atoms with Gasteiger partial charge in [0.15, 0.2) is 0 Å². The Balaban J connectivity index is 1.89. The first kappa shape index (κ1) is 19.9. The molecular weight excluding hydrogens is 382 g/mol. The fourth-order valence-corrected chi connectivity index (χ4v) is 4.08. The summed E-state index contributed by atoms with van der Waals surface area (Å²) in [4.78, 5) is 25.4. The zero-order valence-corrected chi connectivity index (χ0v) is 17.0. The van der Waals surface area contributed by atoms with E-state index in [1.807, 2.05) is 67.6 Å². The van der Waals surface area contributed by atoms with Crippen molar-refractivity contribution in [3.63, 3.8) is 0 Å². The highest BCUT2D eigenvalue weighted by molar-refractivity contribution is 6.05. The number of para-hydroxylation sites is 1. The van der Waals surface area contributed by atoms with Crippen LogP contribution in [-0.2, 0) is 23.8 Å². The molecule has 6 heteroatoms.